The van der Waals surface area contributed by atoms with Crippen LogP contribution in [0.3, 0.4) is 0 Å². The van der Waals surface area contributed by atoms with Gasteiger partial charge in [0.05, 0.1) is 6.04 Å². The average Bonchev–Trinajstić information content (AvgIpc) is 2.77. The highest BCUT2D eigenvalue weighted by atomic mass is 16.2. The molecular weight excluding hydrogens is 242 g/mol. The number of carbonyl (C=O) groups excluding carboxylic acids is 2. The van der Waals surface area contributed by atoms with Gasteiger partial charge in [-0.05, 0) is 31.2 Å². The Kier molecular flexibility index (Phi) is 2.98. The van der Waals surface area contributed by atoms with Gasteiger partial charge in [-0.1, -0.05) is 0 Å². The lowest BCUT2D eigenvalue weighted by atomic mass is 10.1. The van der Waals surface area contributed by atoms with Crippen LogP contribution in [0.5, 0.6) is 0 Å². The Hall–Kier alpha value is -1.88. The molecule has 3 rings (SSSR count). The summed E-state index contributed by atoms with van der Waals surface area (Å²) in [7, 11) is 0. The van der Waals surface area contributed by atoms with Crippen molar-refractivity contribution in [2.45, 2.75) is 13.0 Å². The smallest absolute Gasteiger partial charge is 0.317 e. The van der Waals surface area contributed by atoms with Crippen LogP contribution in [0.1, 0.15) is 17.3 Å². The van der Waals surface area contributed by atoms with E-state index in [1.54, 1.807) is 24.0 Å². The highest BCUT2D eigenvalue weighted by molar-refractivity contribution is 5.97. The van der Waals surface area contributed by atoms with Crippen LogP contribution in [0.2, 0.25) is 0 Å². The van der Waals surface area contributed by atoms with Crippen LogP contribution in [0.4, 0.5) is 10.5 Å². The molecule has 5 nitrogen and oxygen atoms in total. The van der Waals surface area contributed by atoms with Gasteiger partial charge in [0.2, 0.25) is 0 Å². The number of hydrogen-bond donors (Lipinski definition) is 1. The predicted molar refractivity (Wildman–Crippen MR) is 72.6 cm³/mol. The number of nitrogens with one attached hydrogen (secondary N) is 1. The number of urea groups is 1. The molecule has 1 atom stereocenters. The molecule has 19 heavy (non-hydrogen) atoms. The van der Waals surface area contributed by atoms with E-state index >= 15 is 0 Å². The second-order valence-corrected chi connectivity index (χ2v) is 5.05. The van der Waals surface area contributed by atoms with Crippen LogP contribution in [-0.4, -0.2) is 48.9 Å². The summed E-state index contributed by atoms with van der Waals surface area (Å²) in [4.78, 5) is 27.3. The number of ketones is 1. The lowest BCUT2D eigenvalue weighted by Gasteiger charge is -2.28. The second kappa shape index (κ2) is 4.66. The van der Waals surface area contributed by atoms with Crippen molar-refractivity contribution in [2.24, 2.45) is 0 Å². The summed E-state index contributed by atoms with van der Waals surface area (Å²) < 4.78 is 0. The first-order valence-electron chi connectivity index (χ1n) is 6.56. The molecule has 1 N–H and O–H groups in total. The van der Waals surface area contributed by atoms with E-state index in [1.165, 1.54) is 0 Å². The molecule has 100 valence electrons. The van der Waals surface area contributed by atoms with E-state index in [0.717, 1.165) is 25.3 Å². The van der Waals surface area contributed by atoms with Gasteiger partial charge in [0.25, 0.3) is 0 Å². The second-order valence-electron chi connectivity index (χ2n) is 5.05. The number of nitrogens with zero attached hydrogens (tertiary/aromatic N) is 2. The summed E-state index contributed by atoms with van der Waals surface area (Å²) in [5.41, 5.74) is 1.54. The number of piperazine rings is 1. The summed E-state index contributed by atoms with van der Waals surface area (Å²) in [6.07, 6.45) is 0. The van der Waals surface area contributed by atoms with Gasteiger partial charge in [0.1, 0.15) is 0 Å². The molecule has 5 heteroatoms. The van der Waals surface area contributed by atoms with Crippen molar-refractivity contribution < 1.29 is 9.59 Å². The lowest BCUT2D eigenvalue weighted by molar-refractivity contribution is 0.101. The molecule has 0 spiro atoms. The zero-order valence-electron chi connectivity index (χ0n) is 10.9. The molecule has 2 saturated heterocycles. The Balaban J connectivity index is 1.82. The molecule has 1 aromatic carbocycles. The summed E-state index contributed by atoms with van der Waals surface area (Å²) in [6, 6.07) is 7.58. The Morgan fingerprint density at radius 2 is 2.05 bits per heavy atom. The van der Waals surface area contributed by atoms with Gasteiger partial charge in [-0.25, -0.2) is 4.79 Å². The molecule has 0 aromatic heterocycles. The fourth-order valence-electron chi connectivity index (χ4n) is 2.71. The Morgan fingerprint density at radius 1 is 1.32 bits per heavy atom. The van der Waals surface area contributed by atoms with E-state index in [0.29, 0.717) is 12.1 Å². The van der Waals surface area contributed by atoms with E-state index in [2.05, 4.69) is 5.32 Å². The number of anilines is 1. The third-order valence-electron chi connectivity index (χ3n) is 3.81. The lowest BCUT2D eigenvalue weighted by Crippen LogP contribution is -2.49. The van der Waals surface area contributed by atoms with Crippen molar-refractivity contribution in [3.8, 4) is 0 Å². The maximum Gasteiger partial charge on any atom is 0.324 e. The molecule has 2 fully saturated rings. The summed E-state index contributed by atoms with van der Waals surface area (Å²) in [5.74, 6) is 0.0425. The molecule has 2 heterocycles. The standard InChI is InChI=1S/C14H17N3O2/c1-10(18)11-2-4-12(5-3-11)17-9-13-8-15-6-7-16(13)14(17)19/h2-5,13,15H,6-9H2,1H3/t13-/m0/s1. The number of carbonyl (C=O) groups is 2. The van der Waals surface area contributed by atoms with Gasteiger partial charge in [0, 0.05) is 37.4 Å². The molecule has 0 bridgehead atoms. The number of hydrogen-bond acceptors (Lipinski definition) is 3. The SMILES string of the molecule is CC(=O)c1ccc(N2C[C@@H]3CNCCN3C2=O)cc1. The zero-order chi connectivity index (χ0) is 13.4. The Labute approximate surface area is 112 Å². The van der Waals surface area contributed by atoms with Crippen LogP contribution >= 0.6 is 0 Å². The van der Waals surface area contributed by atoms with Gasteiger partial charge in [-0.2, -0.15) is 0 Å². The van der Waals surface area contributed by atoms with Crippen molar-refractivity contribution in [2.75, 3.05) is 31.1 Å². The average molecular weight is 259 g/mol. The quantitative estimate of drug-likeness (QED) is 0.809. The number of fused-ring (bicyclic) bond motifs is 1. The Bertz CT molecular complexity index is 512. The van der Waals surface area contributed by atoms with Crippen LogP contribution < -0.4 is 10.2 Å². The van der Waals surface area contributed by atoms with E-state index in [-0.39, 0.29) is 17.9 Å². The van der Waals surface area contributed by atoms with Gasteiger partial charge < -0.3 is 10.2 Å². The van der Waals surface area contributed by atoms with Crippen LogP contribution in [-0.2, 0) is 0 Å². The van der Waals surface area contributed by atoms with E-state index in [4.69, 9.17) is 0 Å². The summed E-state index contributed by atoms with van der Waals surface area (Å²) >= 11 is 0. The predicted octanol–water partition coefficient (Wildman–Crippen LogP) is 1.10. The van der Waals surface area contributed by atoms with E-state index < -0.39 is 0 Å². The van der Waals surface area contributed by atoms with Crippen LogP contribution in [0, 0.1) is 0 Å². The van der Waals surface area contributed by atoms with E-state index in [1.807, 2.05) is 17.0 Å². The molecule has 1 aromatic rings. The third-order valence-corrected chi connectivity index (χ3v) is 3.81. The molecule has 2 aliphatic heterocycles. The molecule has 2 amide bonds. The minimum atomic E-state index is 0.0425. The van der Waals surface area contributed by atoms with E-state index in [9.17, 15) is 9.59 Å². The molecule has 0 unspecified atom stereocenters. The number of Topliss-reactive ketones (excluding diaryl/α,β-unsaturated/α-hetero) is 1. The maximum absolute atomic E-state index is 12.3. The van der Waals surface area contributed by atoms with Crippen molar-refractivity contribution in [1.82, 2.24) is 10.2 Å². The monoisotopic (exact) mass is 259 g/mol. The Morgan fingerprint density at radius 3 is 2.68 bits per heavy atom. The topological polar surface area (TPSA) is 52.7 Å². The van der Waals surface area contributed by atoms with Crippen molar-refractivity contribution in [3.05, 3.63) is 29.8 Å². The molecular formula is C14H17N3O2. The first-order chi connectivity index (χ1) is 9.16. The summed E-state index contributed by atoms with van der Waals surface area (Å²) in [6.45, 7) is 4.74. The highest BCUT2D eigenvalue weighted by Crippen LogP contribution is 2.25. The summed E-state index contributed by atoms with van der Waals surface area (Å²) in [5, 5.41) is 3.31. The fraction of sp³-hybridized carbons (Fsp3) is 0.429. The van der Waals surface area contributed by atoms with Crippen LogP contribution in [0.25, 0.3) is 0 Å². The van der Waals surface area contributed by atoms with Crippen molar-refractivity contribution >= 4 is 17.5 Å². The van der Waals surface area contributed by atoms with Gasteiger partial charge >= 0.3 is 6.03 Å². The maximum atomic E-state index is 12.3. The van der Waals surface area contributed by atoms with Crippen molar-refractivity contribution in [1.29, 1.82) is 0 Å². The molecule has 0 saturated carbocycles. The normalized spacial score (nSPS) is 22.6. The third kappa shape index (κ3) is 2.10. The largest absolute Gasteiger partial charge is 0.324 e. The number of amides is 2. The minimum absolute atomic E-state index is 0.0425. The molecule has 2 aliphatic rings. The number of benzene rings is 1. The first-order valence-corrected chi connectivity index (χ1v) is 6.56. The first kappa shape index (κ1) is 12.2. The van der Waals surface area contributed by atoms with Gasteiger partial charge in [-0.3, -0.25) is 9.69 Å². The zero-order valence-corrected chi connectivity index (χ0v) is 10.9. The molecule has 0 radical (unpaired) electrons. The number of rotatable bonds is 2. The van der Waals surface area contributed by atoms with Crippen LogP contribution in [0.15, 0.2) is 24.3 Å². The van der Waals surface area contributed by atoms with Gasteiger partial charge in [0.15, 0.2) is 5.78 Å². The minimum Gasteiger partial charge on any atom is -0.317 e. The van der Waals surface area contributed by atoms with Gasteiger partial charge in [-0.15, -0.1) is 0 Å². The molecule has 0 aliphatic carbocycles. The highest BCUT2D eigenvalue weighted by Gasteiger charge is 2.38. The van der Waals surface area contributed by atoms with Crippen molar-refractivity contribution in [3.63, 3.8) is 0 Å². The fourth-order valence-corrected chi connectivity index (χ4v) is 2.71.